The maximum Gasteiger partial charge on any atom is 0.247 e. The Morgan fingerprint density at radius 1 is 1.09 bits per heavy atom. The second-order valence-electron chi connectivity index (χ2n) is 7.58. The molecule has 9 nitrogen and oxygen atoms in total. The zero-order valence-corrected chi connectivity index (χ0v) is 17.9. The first-order valence-electron chi connectivity index (χ1n) is 10.6. The van der Waals surface area contributed by atoms with Gasteiger partial charge in [-0.2, -0.15) is 10.1 Å². The third-order valence-corrected chi connectivity index (χ3v) is 5.38. The summed E-state index contributed by atoms with van der Waals surface area (Å²) in [7, 11) is 0. The number of ether oxygens (including phenoxy) is 1. The third kappa shape index (κ3) is 4.53. The van der Waals surface area contributed by atoms with Crippen molar-refractivity contribution in [2.45, 2.75) is 0 Å². The predicted octanol–water partition coefficient (Wildman–Crippen LogP) is 3.72. The Morgan fingerprint density at radius 3 is 2.76 bits per heavy atom. The molecular weight excluding hydrogens is 418 g/mol. The predicted molar refractivity (Wildman–Crippen MR) is 129 cm³/mol. The second-order valence-corrected chi connectivity index (χ2v) is 7.58. The molecule has 1 aliphatic heterocycles. The molecule has 3 heterocycles. The van der Waals surface area contributed by atoms with Crippen LogP contribution in [-0.4, -0.2) is 52.4 Å². The van der Waals surface area contributed by atoms with Gasteiger partial charge >= 0.3 is 0 Å². The van der Waals surface area contributed by atoms with Gasteiger partial charge in [0.2, 0.25) is 11.9 Å². The molecule has 33 heavy (non-hydrogen) atoms. The van der Waals surface area contributed by atoms with Gasteiger partial charge in [-0.15, -0.1) is 0 Å². The number of carbonyl (C=O) groups excluding carboxylic acids is 1. The summed E-state index contributed by atoms with van der Waals surface area (Å²) in [6, 6.07) is 15.6. The van der Waals surface area contributed by atoms with Crippen molar-refractivity contribution < 1.29 is 9.53 Å². The van der Waals surface area contributed by atoms with Crippen molar-refractivity contribution >= 4 is 40.0 Å². The number of aromatic nitrogens is 4. The maximum absolute atomic E-state index is 11.7. The van der Waals surface area contributed by atoms with Crippen LogP contribution in [0, 0.1) is 0 Å². The number of fused-ring (bicyclic) bond motifs is 1. The lowest BCUT2D eigenvalue weighted by Crippen LogP contribution is -2.36. The summed E-state index contributed by atoms with van der Waals surface area (Å²) in [5.74, 6) is 0.173. The van der Waals surface area contributed by atoms with Crippen LogP contribution in [0.15, 0.2) is 67.4 Å². The molecule has 4 aromatic rings. The summed E-state index contributed by atoms with van der Waals surface area (Å²) in [6.07, 6.45) is 2.93. The van der Waals surface area contributed by atoms with Crippen molar-refractivity contribution in [1.82, 2.24) is 20.2 Å². The molecule has 0 bridgehead atoms. The fourth-order valence-electron chi connectivity index (χ4n) is 3.78. The van der Waals surface area contributed by atoms with E-state index in [1.165, 1.54) is 6.08 Å². The molecule has 9 heteroatoms. The van der Waals surface area contributed by atoms with E-state index >= 15 is 0 Å². The van der Waals surface area contributed by atoms with Crippen LogP contribution >= 0.6 is 0 Å². The highest BCUT2D eigenvalue weighted by molar-refractivity contribution is 5.99. The molecule has 0 spiro atoms. The Labute approximate surface area is 190 Å². The highest BCUT2D eigenvalue weighted by Gasteiger charge is 2.14. The van der Waals surface area contributed by atoms with Gasteiger partial charge in [0.1, 0.15) is 0 Å². The molecule has 1 aliphatic rings. The number of anilines is 4. The maximum atomic E-state index is 11.7. The van der Waals surface area contributed by atoms with Crippen LogP contribution in [0.4, 0.5) is 23.0 Å². The molecule has 166 valence electrons. The van der Waals surface area contributed by atoms with E-state index < -0.39 is 0 Å². The number of carbonyl (C=O) groups is 1. The molecule has 2 aromatic carbocycles. The van der Waals surface area contributed by atoms with Crippen LogP contribution in [0.1, 0.15) is 0 Å². The molecule has 0 atom stereocenters. The van der Waals surface area contributed by atoms with Crippen LogP contribution < -0.4 is 15.5 Å². The number of amides is 1. The van der Waals surface area contributed by atoms with Gasteiger partial charge in [-0.1, -0.05) is 24.8 Å². The molecule has 3 N–H and O–H groups in total. The van der Waals surface area contributed by atoms with Gasteiger partial charge in [0.15, 0.2) is 5.65 Å². The Kier molecular flexibility index (Phi) is 5.69. The van der Waals surface area contributed by atoms with Crippen LogP contribution in [0.25, 0.3) is 22.3 Å². The molecule has 0 radical (unpaired) electrons. The van der Waals surface area contributed by atoms with E-state index in [2.05, 4.69) is 49.4 Å². The van der Waals surface area contributed by atoms with E-state index in [0.29, 0.717) is 23.0 Å². The minimum Gasteiger partial charge on any atom is -0.378 e. The van der Waals surface area contributed by atoms with Gasteiger partial charge in [-0.25, -0.2) is 4.98 Å². The van der Waals surface area contributed by atoms with Crippen molar-refractivity contribution in [3.05, 3.63) is 67.4 Å². The SMILES string of the molecule is C=CC(=O)Nc1cccc(-c2nc(Nc3cccc(N4CCOCC4)c3)nc3[nH]ncc23)c1. The summed E-state index contributed by atoms with van der Waals surface area (Å²) < 4.78 is 5.46. The summed E-state index contributed by atoms with van der Waals surface area (Å²) >= 11 is 0. The molecule has 1 amide bonds. The number of benzene rings is 2. The first-order chi connectivity index (χ1) is 16.2. The smallest absolute Gasteiger partial charge is 0.247 e. The van der Waals surface area contributed by atoms with E-state index in [0.717, 1.165) is 48.6 Å². The number of nitrogens with zero attached hydrogens (tertiary/aromatic N) is 4. The zero-order valence-electron chi connectivity index (χ0n) is 17.9. The van der Waals surface area contributed by atoms with Gasteiger partial charge in [0.25, 0.3) is 0 Å². The Hall–Kier alpha value is -4.24. The Morgan fingerprint density at radius 2 is 1.91 bits per heavy atom. The van der Waals surface area contributed by atoms with Crippen LogP contribution in [0.2, 0.25) is 0 Å². The first kappa shape index (κ1) is 20.7. The topological polar surface area (TPSA) is 108 Å². The largest absolute Gasteiger partial charge is 0.378 e. The number of aromatic amines is 1. The van der Waals surface area contributed by atoms with E-state index in [9.17, 15) is 4.79 Å². The first-order valence-corrected chi connectivity index (χ1v) is 10.6. The Balaban J connectivity index is 1.47. The average molecular weight is 441 g/mol. The van der Waals surface area contributed by atoms with E-state index in [-0.39, 0.29) is 5.91 Å². The summed E-state index contributed by atoms with van der Waals surface area (Å²) in [4.78, 5) is 23.4. The molecule has 0 unspecified atom stereocenters. The van der Waals surface area contributed by atoms with Gasteiger partial charge in [0, 0.05) is 35.7 Å². The van der Waals surface area contributed by atoms with Gasteiger partial charge in [0.05, 0.1) is 30.5 Å². The minimum atomic E-state index is -0.272. The molecular formula is C24H23N7O2. The van der Waals surface area contributed by atoms with Crippen LogP contribution in [-0.2, 0) is 9.53 Å². The normalized spacial score (nSPS) is 13.6. The molecule has 0 aliphatic carbocycles. The van der Waals surface area contributed by atoms with Crippen molar-refractivity contribution in [1.29, 1.82) is 0 Å². The number of rotatable bonds is 6. The highest BCUT2D eigenvalue weighted by atomic mass is 16.5. The molecule has 1 saturated heterocycles. The fraction of sp³-hybridized carbons (Fsp3) is 0.167. The lowest BCUT2D eigenvalue weighted by atomic mass is 10.1. The second kappa shape index (κ2) is 9.09. The van der Waals surface area contributed by atoms with E-state index in [1.807, 2.05) is 36.4 Å². The Bertz CT molecular complexity index is 1310. The molecule has 5 rings (SSSR count). The average Bonchev–Trinajstić information content (AvgIpc) is 3.33. The molecule has 0 saturated carbocycles. The molecule has 1 fully saturated rings. The zero-order chi connectivity index (χ0) is 22.6. The lowest BCUT2D eigenvalue weighted by Gasteiger charge is -2.29. The van der Waals surface area contributed by atoms with Crippen molar-refractivity contribution in [3.63, 3.8) is 0 Å². The summed E-state index contributed by atoms with van der Waals surface area (Å²) in [5.41, 5.74) is 4.81. The van der Waals surface area contributed by atoms with Crippen LogP contribution in [0.5, 0.6) is 0 Å². The number of H-pyrrole nitrogens is 1. The summed E-state index contributed by atoms with van der Waals surface area (Å²) in [5, 5.41) is 14.0. The van der Waals surface area contributed by atoms with Gasteiger partial charge in [-0.05, 0) is 36.4 Å². The standard InChI is InChI=1S/C24H23N7O2/c1-2-21(32)26-17-6-3-5-16(13-17)22-20-15-25-30-23(20)29-24(28-22)27-18-7-4-8-19(14-18)31-9-11-33-12-10-31/h2-8,13-15H,1,9-12H2,(H,26,32)(H2,25,27,28,29,30). The minimum absolute atomic E-state index is 0.272. The van der Waals surface area contributed by atoms with E-state index in [1.54, 1.807) is 6.20 Å². The lowest BCUT2D eigenvalue weighted by molar-refractivity contribution is -0.111. The third-order valence-electron chi connectivity index (χ3n) is 5.38. The van der Waals surface area contributed by atoms with E-state index in [4.69, 9.17) is 9.72 Å². The monoisotopic (exact) mass is 441 g/mol. The fourth-order valence-corrected chi connectivity index (χ4v) is 3.78. The van der Waals surface area contributed by atoms with Crippen molar-refractivity contribution in [2.24, 2.45) is 0 Å². The number of hydrogen-bond acceptors (Lipinski definition) is 7. The van der Waals surface area contributed by atoms with Crippen molar-refractivity contribution in [3.8, 4) is 11.3 Å². The summed E-state index contributed by atoms with van der Waals surface area (Å²) in [6.45, 7) is 6.68. The van der Waals surface area contributed by atoms with Gasteiger partial charge < -0.3 is 20.3 Å². The van der Waals surface area contributed by atoms with Crippen molar-refractivity contribution in [2.75, 3.05) is 41.8 Å². The number of morpholine rings is 1. The highest BCUT2D eigenvalue weighted by Crippen LogP contribution is 2.29. The molecule has 2 aromatic heterocycles. The number of hydrogen-bond donors (Lipinski definition) is 3. The van der Waals surface area contributed by atoms with Gasteiger partial charge in [-0.3, -0.25) is 9.89 Å². The van der Waals surface area contributed by atoms with Crippen LogP contribution in [0.3, 0.4) is 0 Å². The quantitative estimate of drug-likeness (QED) is 0.391. The number of nitrogens with one attached hydrogen (secondary N) is 3.